The highest BCUT2D eigenvalue weighted by Gasteiger charge is 2.26. The van der Waals surface area contributed by atoms with Crippen molar-refractivity contribution >= 4 is 9.04 Å². The summed E-state index contributed by atoms with van der Waals surface area (Å²) in [6.45, 7) is 1.81. The lowest BCUT2D eigenvalue weighted by Gasteiger charge is -2.07. The van der Waals surface area contributed by atoms with Crippen molar-refractivity contribution < 1.29 is 22.7 Å². The van der Waals surface area contributed by atoms with Gasteiger partial charge in [-0.3, -0.25) is 0 Å². The first-order valence-electron chi connectivity index (χ1n) is 4.24. The predicted octanol–water partition coefficient (Wildman–Crippen LogP) is 1.69. The minimum Gasteiger partial charge on any atom is -0.435 e. The molecule has 13 heavy (non-hydrogen) atoms. The number of halogens is 3. The van der Waals surface area contributed by atoms with Crippen molar-refractivity contribution in [1.29, 1.82) is 0 Å². The topological polar surface area (TPSA) is 29.5 Å². The molecule has 1 unspecified atom stereocenters. The first-order chi connectivity index (χ1) is 5.92. The zero-order valence-electron chi connectivity index (χ0n) is 7.60. The molecule has 0 aromatic carbocycles. The molecule has 0 saturated carbocycles. The zero-order chi connectivity index (χ0) is 10.3. The van der Waals surface area contributed by atoms with Crippen LogP contribution in [0.15, 0.2) is 0 Å². The Labute approximate surface area is 77.4 Å². The highest BCUT2D eigenvalue weighted by molar-refractivity contribution is 6.48. The molecule has 2 nitrogen and oxygen atoms in total. The van der Waals surface area contributed by atoms with E-state index < -0.39 is 21.6 Å². The molecule has 0 heterocycles. The van der Waals surface area contributed by atoms with Gasteiger partial charge in [0, 0.05) is 6.61 Å². The molecule has 6 heteroatoms. The van der Waals surface area contributed by atoms with Gasteiger partial charge in [-0.25, -0.2) is 0 Å². The normalized spacial score (nSPS) is 14.5. The van der Waals surface area contributed by atoms with Gasteiger partial charge in [0.2, 0.25) is 0 Å². The van der Waals surface area contributed by atoms with Crippen molar-refractivity contribution in [3.63, 3.8) is 0 Å². The van der Waals surface area contributed by atoms with Crippen LogP contribution in [-0.4, -0.2) is 33.2 Å². The Kier molecular flexibility index (Phi) is 6.36. The van der Waals surface area contributed by atoms with E-state index in [1.54, 1.807) is 6.55 Å². The molecule has 0 aliphatic rings. The van der Waals surface area contributed by atoms with Gasteiger partial charge in [0.15, 0.2) is 9.04 Å². The van der Waals surface area contributed by atoms with Crippen LogP contribution in [0.1, 0.15) is 12.8 Å². The van der Waals surface area contributed by atoms with E-state index in [0.717, 1.165) is 0 Å². The van der Waals surface area contributed by atoms with E-state index in [-0.39, 0.29) is 6.61 Å². The molecule has 0 aromatic heterocycles. The standard InChI is InChI=1S/C7H15F3O2Si/c1-13(11)6-2-4-12-5-3-7(8,9)10/h11,13H,2-6H2,1H3. The molecule has 0 amide bonds. The SMILES string of the molecule is C[SiH](O)CCCOCCC(F)(F)F. The van der Waals surface area contributed by atoms with Crippen LogP contribution in [0.25, 0.3) is 0 Å². The molecule has 0 saturated heterocycles. The number of alkyl halides is 3. The van der Waals surface area contributed by atoms with Gasteiger partial charge in [-0.15, -0.1) is 0 Å². The summed E-state index contributed by atoms with van der Waals surface area (Å²) in [4.78, 5) is 8.94. The Hall–Kier alpha value is -0.0731. The Morgan fingerprint density at radius 2 is 1.92 bits per heavy atom. The number of rotatable bonds is 6. The fourth-order valence-corrected chi connectivity index (χ4v) is 1.53. The van der Waals surface area contributed by atoms with Crippen LogP contribution in [0, 0.1) is 0 Å². The second-order valence-electron chi connectivity index (χ2n) is 2.97. The third kappa shape index (κ3) is 11.9. The average molecular weight is 216 g/mol. The second-order valence-corrected chi connectivity index (χ2v) is 5.24. The molecule has 1 N–H and O–H groups in total. The fraction of sp³-hybridized carbons (Fsp3) is 1.00. The minimum atomic E-state index is -4.13. The van der Waals surface area contributed by atoms with Crippen LogP contribution in [0.4, 0.5) is 13.2 Å². The van der Waals surface area contributed by atoms with Crippen molar-refractivity contribution in [2.24, 2.45) is 0 Å². The summed E-state index contributed by atoms with van der Waals surface area (Å²) in [7, 11) is -1.56. The smallest absolute Gasteiger partial charge is 0.391 e. The second kappa shape index (κ2) is 6.39. The van der Waals surface area contributed by atoms with E-state index in [9.17, 15) is 13.2 Å². The maximum atomic E-state index is 11.6. The van der Waals surface area contributed by atoms with Crippen molar-refractivity contribution in [3.8, 4) is 0 Å². The average Bonchev–Trinajstić information content (AvgIpc) is 1.93. The number of ether oxygens (including phenoxy) is 1. The van der Waals surface area contributed by atoms with E-state index in [2.05, 4.69) is 0 Å². The van der Waals surface area contributed by atoms with Crippen LogP contribution in [0.5, 0.6) is 0 Å². The summed E-state index contributed by atoms with van der Waals surface area (Å²) in [5, 5.41) is 0. The third-order valence-corrected chi connectivity index (χ3v) is 2.68. The molecule has 1 atom stereocenters. The first kappa shape index (κ1) is 12.9. The van der Waals surface area contributed by atoms with Gasteiger partial charge < -0.3 is 9.53 Å². The molecule has 0 bridgehead atoms. The molecule has 80 valence electrons. The number of hydrogen-bond donors (Lipinski definition) is 1. The molecule has 0 radical (unpaired) electrons. The van der Waals surface area contributed by atoms with E-state index in [1.165, 1.54) is 0 Å². The molecule has 0 rings (SSSR count). The van der Waals surface area contributed by atoms with Crippen molar-refractivity contribution in [3.05, 3.63) is 0 Å². The summed E-state index contributed by atoms with van der Waals surface area (Å²) in [5.74, 6) is 0. The molecule has 0 spiro atoms. The molecule has 0 fully saturated rings. The lowest BCUT2D eigenvalue weighted by Crippen LogP contribution is -2.12. The quantitative estimate of drug-likeness (QED) is 0.541. The van der Waals surface area contributed by atoms with Gasteiger partial charge in [0.25, 0.3) is 0 Å². The molecule has 0 aromatic rings. The largest absolute Gasteiger partial charge is 0.435 e. The van der Waals surface area contributed by atoms with E-state index in [1.807, 2.05) is 0 Å². The van der Waals surface area contributed by atoms with Crippen LogP contribution < -0.4 is 0 Å². The highest BCUT2D eigenvalue weighted by Crippen LogP contribution is 2.18. The Balaban J connectivity index is 3.09. The molecule has 0 aliphatic heterocycles. The van der Waals surface area contributed by atoms with Crippen molar-refractivity contribution in [2.75, 3.05) is 13.2 Å². The monoisotopic (exact) mass is 216 g/mol. The Morgan fingerprint density at radius 1 is 1.31 bits per heavy atom. The van der Waals surface area contributed by atoms with Gasteiger partial charge in [-0.05, 0) is 19.0 Å². The van der Waals surface area contributed by atoms with Crippen LogP contribution >= 0.6 is 0 Å². The van der Waals surface area contributed by atoms with Gasteiger partial charge >= 0.3 is 6.18 Å². The third-order valence-electron chi connectivity index (χ3n) is 1.44. The summed E-state index contributed by atoms with van der Waals surface area (Å²) in [5.41, 5.74) is 0. The van der Waals surface area contributed by atoms with Crippen molar-refractivity contribution in [2.45, 2.75) is 31.6 Å². The summed E-state index contributed by atoms with van der Waals surface area (Å²) >= 11 is 0. The summed E-state index contributed by atoms with van der Waals surface area (Å²) in [6.07, 6.45) is -4.36. The molecular weight excluding hydrogens is 201 g/mol. The Bertz CT molecular complexity index is 127. The van der Waals surface area contributed by atoms with Crippen LogP contribution in [0.2, 0.25) is 12.6 Å². The van der Waals surface area contributed by atoms with Gasteiger partial charge in [0.1, 0.15) is 0 Å². The van der Waals surface area contributed by atoms with Gasteiger partial charge in [-0.1, -0.05) is 0 Å². The maximum Gasteiger partial charge on any atom is 0.391 e. The van der Waals surface area contributed by atoms with Gasteiger partial charge in [0.05, 0.1) is 13.0 Å². The molecule has 0 aliphatic carbocycles. The lowest BCUT2D eigenvalue weighted by atomic mass is 10.4. The van der Waals surface area contributed by atoms with Crippen LogP contribution in [0.3, 0.4) is 0 Å². The van der Waals surface area contributed by atoms with E-state index >= 15 is 0 Å². The van der Waals surface area contributed by atoms with E-state index in [4.69, 9.17) is 9.53 Å². The minimum absolute atomic E-state index is 0.273. The summed E-state index contributed by atoms with van der Waals surface area (Å²) in [6, 6.07) is 0.700. The Morgan fingerprint density at radius 3 is 2.38 bits per heavy atom. The van der Waals surface area contributed by atoms with E-state index in [0.29, 0.717) is 19.1 Å². The summed E-state index contributed by atoms with van der Waals surface area (Å²) < 4.78 is 39.5. The van der Waals surface area contributed by atoms with Crippen LogP contribution in [-0.2, 0) is 4.74 Å². The molecular formula is C7H15F3O2Si. The zero-order valence-corrected chi connectivity index (χ0v) is 8.76. The first-order valence-corrected chi connectivity index (χ1v) is 6.73. The maximum absolute atomic E-state index is 11.6. The fourth-order valence-electron chi connectivity index (χ4n) is 0.771. The lowest BCUT2D eigenvalue weighted by molar-refractivity contribution is -0.145. The highest BCUT2D eigenvalue weighted by atomic mass is 28.3. The number of hydrogen-bond acceptors (Lipinski definition) is 2. The predicted molar refractivity (Wildman–Crippen MR) is 46.1 cm³/mol. The van der Waals surface area contributed by atoms with Gasteiger partial charge in [-0.2, -0.15) is 13.2 Å². The van der Waals surface area contributed by atoms with Crippen molar-refractivity contribution in [1.82, 2.24) is 0 Å².